The molecular formula is C10H10Br3N. The molecule has 0 aliphatic heterocycles. The molecule has 0 unspecified atom stereocenters. The summed E-state index contributed by atoms with van der Waals surface area (Å²) < 4.78 is 3.28. The van der Waals surface area contributed by atoms with Crippen LogP contribution in [0.25, 0.3) is 0 Å². The van der Waals surface area contributed by atoms with Crippen molar-refractivity contribution in [2.24, 2.45) is 0 Å². The minimum absolute atomic E-state index is 0.656. The average Bonchev–Trinajstić information content (AvgIpc) is 1.98. The van der Waals surface area contributed by atoms with Gasteiger partial charge in [0.05, 0.1) is 5.69 Å². The summed E-state index contributed by atoms with van der Waals surface area (Å²) in [6, 6.07) is 4.78. The lowest BCUT2D eigenvalue weighted by Gasteiger charge is -2.28. The largest absolute Gasteiger partial charge is 0.380 e. The smallest absolute Gasteiger partial charge is 0.0631 e. The van der Waals surface area contributed by atoms with Gasteiger partial charge in [-0.1, -0.05) is 15.9 Å². The molecule has 1 N–H and O–H groups in total. The number of anilines is 1. The van der Waals surface area contributed by atoms with Crippen molar-refractivity contribution in [3.63, 3.8) is 0 Å². The normalized spacial score (nSPS) is 16.5. The summed E-state index contributed by atoms with van der Waals surface area (Å²) in [5.41, 5.74) is 1.16. The van der Waals surface area contributed by atoms with E-state index in [1.54, 1.807) is 0 Å². The van der Waals surface area contributed by atoms with Crippen molar-refractivity contribution in [1.82, 2.24) is 0 Å². The molecule has 0 amide bonds. The number of hydrogen-bond donors (Lipinski definition) is 1. The summed E-state index contributed by atoms with van der Waals surface area (Å²) in [7, 11) is 0. The highest BCUT2D eigenvalue weighted by Gasteiger charge is 2.19. The Morgan fingerprint density at radius 1 is 1.07 bits per heavy atom. The summed E-state index contributed by atoms with van der Waals surface area (Å²) in [5, 5.41) is 3.53. The molecule has 4 heteroatoms. The van der Waals surface area contributed by atoms with Crippen LogP contribution >= 0.6 is 47.8 Å². The number of benzene rings is 1. The van der Waals surface area contributed by atoms with Crippen molar-refractivity contribution in [3.8, 4) is 0 Å². The molecule has 1 saturated carbocycles. The Bertz CT molecular complexity index is 324. The molecule has 0 spiro atoms. The van der Waals surface area contributed by atoms with Crippen LogP contribution in [0.1, 0.15) is 19.3 Å². The fourth-order valence-electron chi connectivity index (χ4n) is 1.44. The molecule has 76 valence electrons. The molecule has 1 aliphatic rings. The first-order chi connectivity index (χ1) is 6.66. The molecule has 1 aliphatic carbocycles. The highest BCUT2D eigenvalue weighted by atomic mass is 79.9. The molecule has 1 aromatic carbocycles. The van der Waals surface area contributed by atoms with E-state index in [1.165, 1.54) is 19.3 Å². The van der Waals surface area contributed by atoms with Crippen LogP contribution in [0.5, 0.6) is 0 Å². The van der Waals surface area contributed by atoms with E-state index in [9.17, 15) is 0 Å². The minimum Gasteiger partial charge on any atom is -0.380 e. The van der Waals surface area contributed by atoms with Crippen molar-refractivity contribution in [2.45, 2.75) is 25.3 Å². The van der Waals surface area contributed by atoms with E-state index in [2.05, 4.69) is 65.2 Å². The fourth-order valence-corrected chi connectivity index (χ4v) is 3.92. The Morgan fingerprint density at radius 2 is 1.64 bits per heavy atom. The molecule has 1 aromatic rings. The van der Waals surface area contributed by atoms with Crippen LogP contribution in [-0.2, 0) is 0 Å². The molecule has 1 fully saturated rings. The monoisotopic (exact) mass is 381 g/mol. The summed E-state index contributed by atoms with van der Waals surface area (Å²) in [5.74, 6) is 0. The predicted molar refractivity (Wildman–Crippen MR) is 70.8 cm³/mol. The number of halogens is 3. The van der Waals surface area contributed by atoms with E-state index in [0.717, 1.165) is 19.1 Å². The highest BCUT2D eigenvalue weighted by molar-refractivity contribution is 9.11. The first-order valence-electron chi connectivity index (χ1n) is 4.58. The highest BCUT2D eigenvalue weighted by Crippen LogP contribution is 2.36. The van der Waals surface area contributed by atoms with Gasteiger partial charge in [-0.05, 0) is 63.3 Å². The van der Waals surface area contributed by atoms with E-state index in [4.69, 9.17) is 0 Å². The zero-order valence-electron chi connectivity index (χ0n) is 7.49. The van der Waals surface area contributed by atoms with Gasteiger partial charge in [-0.2, -0.15) is 0 Å². The third-order valence-electron chi connectivity index (χ3n) is 2.46. The van der Waals surface area contributed by atoms with Gasteiger partial charge in [0.15, 0.2) is 0 Å². The predicted octanol–water partition coefficient (Wildman–Crippen LogP) is 4.94. The Balaban J connectivity index is 2.22. The Hall–Kier alpha value is 0.460. The van der Waals surface area contributed by atoms with Crippen LogP contribution < -0.4 is 5.32 Å². The van der Waals surface area contributed by atoms with Gasteiger partial charge in [-0.3, -0.25) is 0 Å². The van der Waals surface area contributed by atoms with Crippen LogP contribution in [0.2, 0.25) is 0 Å². The summed E-state index contributed by atoms with van der Waals surface area (Å²) in [4.78, 5) is 0. The Kier molecular flexibility index (Phi) is 3.55. The number of nitrogens with one attached hydrogen (secondary N) is 1. The molecule has 0 radical (unpaired) electrons. The van der Waals surface area contributed by atoms with Gasteiger partial charge in [-0.15, -0.1) is 0 Å². The van der Waals surface area contributed by atoms with Gasteiger partial charge in [-0.25, -0.2) is 0 Å². The number of rotatable bonds is 2. The van der Waals surface area contributed by atoms with E-state index in [-0.39, 0.29) is 0 Å². The maximum absolute atomic E-state index is 3.56. The standard InChI is InChI=1S/C10H10Br3N/c11-6-4-8(12)10(9(13)5-6)14-7-2-1-3-7/h4-5,7,14H,1-3H2. The Labute approximate surface area is 109 Å². The maximum Gasteiger partial charge on any atom is 0.0631 e. The van der Waals surface area contributed by atoms with Gasteiger partial charge in [0.25, 0.3) is 0 Å². The van der Waals surface area contributed by atoms with Crippen molar-refractivity contribution >= 4 is 53.5 Å². The molecule has 0 heterocycles. The number of hydrogen-bond acceptors (Lipinski definition) is 1. The second-order valence-electron chi connectivity index (χ2n) is 3.52. The van der Waals surface area contributed by atoms with E-state index >= 15 is 0 Å². The molecule has 0 saturated heterocycles. The second-order valence-corrected chi connectivity index (χ2v) is 6.14. The third kappa shape index (κ3) is 2.34. The lowest BCUT2D eigenvalue weighted by atomic mass is 9.93. The fraction of sp³-hybridized carbons (Fsp3) is 0.400. The molecule has 14 heavy (non-hydrogen) atoms. The van der Waals surface area contributed by atoms with Gasteiger partial charge < -0.3 is 5.32 Å². The molecule has 2 rings (SSSR count). The van der Waals surface area contributed by atoms with Crippen LogP contribution in [0.3, 0.4) is 0 Å². The minimum atomic E-state index is 0.656. The molecular weight excluding hydrogens is 374 g/mol. The van der Waals surface area contributed by atoms with Crippen molar-refractivity contribution < 1.29 is 0 Å². The zero-order chi connectivity index (χ0) is 10.1. The van der Waals surface area contributed by atoms with E-state index < -0.39 is 0 Å². The first-order valence-corrected chi connectivity index (χ1v) is 6.96. The second kappa shape index (κ2) is 4.54. The lowest BCUT2D eigenvalue weighted by Crippen LogP contribution is -2.27. The molecule has 0 atom stereocenters. The van der Waals surface area contributed by atoms with Crippen molar-refractivity contribution in [2.75, 3.05) is 5.32 Å². The SMILES string of the molecule is Brc1cc(Br)c(NC2CCC2)c(Br)c1. The van der Waals surface area contributed by atoms with Crippen LogP contribution in [0.4, 0.5) is 5.69 Å². The van der Waals surface area contributed by atoms with Gasteiger partial charge >= 0.3 is 0 Å². The summed E-state index contributed by atoms with van der Waals surface area (Å²) in [6.07, 6.45) is 3.92. The third-order valence-corrected chi connectivity index (χ3v) is 4.17. The summed E-state index contributed by atoms with van der Waals surface area (Å²) >= 11 is 10.6. The van der Waals surface area contributed by atoms with Crippen LogP contribution in [0, 0.1) is 0 Å². The molecule has 0 aromatic heterocycles. The first kappa shape index (κ1) is 11.0. The topological polar surface area (TPSA) is 12.0 Å². The van der Waals surface area contributed by atoms with Gasteiger partial charge in [0, 0.05) is 19.5 Å². The van der Waals surface area contributed by atoms with E-state index in [1.807, 2.05) is 0 Å². The lowest BCUT2D eigenvalue weighted by molar-refractivity contribution is 0.445. The van der Waals surface area contributed by atoms with Crippen LogP contribution in [-0.4, -0.2) is 6.04 Å². The molecule has 1 nitrogen and oxygen atoms in total. The summed E-state index contributed by atoms with van der Waals surface area (Å²) in [6.45, 7) is 0. The van der Waals surface area contributed by atoms with Gasteiger partial charge in [0.1, 0.15) is 0 Å². The quantitative estimate of drug-likeness (QED) is 0.762. The Morgan fingerprint density at radius 3 is 2.07 bits per heavy atom. The van der Waals surface area contributed by atoms with E-state index in [0.29, 0.717) is 6.04 Å². The zero-order valence-corrected chi connectivity index (χ0v) is 12.2. The average molecular weight is 384 g/mol. The van der Waals surface area contributed by atoms with Crippen LogP contribution in [0.15, 0.2) is 25.6 Å². The van der Waals surface area contributed by atoms with Crippen molar-refractivity contribution in [3.05, 3.63) is 25.6 Å². The van der Waals surface area contributed by atoms with Gasteiger partial charge in [0.2, 0.25) is 0 Å². The maximum atomic E-state index is 3.56. The van der Waals surface area contributed by atoms with Crippen molar-refractivity contribution in [1.29, 1.82) is 0 Å². The molecule has 0 bridgehead atoms.